The summed E-state index contributed by atoms with van der Waals surface area (Å²) in [4.78, 5) is 4.96. The van der Waals surface area contributed by atoms with Crippen molar-refractivity contribution in [3.05, 3.63) is 70.3 Å². The molecule has 7 heteroatoms. The Morgan fingerprint density at radius 2 is 1.74 bits per heavy atom. The van der Waals surface area contributed by atoms with E-state index < -0.39 is 0 Å². The normalized spacial score (nSPS) is 18.5. The molecule has 1 atom stereocenters. The molecule has 4 rings (SSSR count). The molecule has 31 heavy (non-hydrogen) atoms. The van der Waals surface area contributed by atoms with Crippen molar-refractivity contribution in [1.82, 2.24) is 5.43 Å². The Morgan fingerprint density at radius 3 is 2.32 bits per heavy atom. The fourth-order valence-electron chi connectivity index (χ4n) is 4.13. The minimum atomic E-state index is 0.400. The van der Waals surface area contributed by atoms with Crippen LogP contribution < -0.4 is 21.0 Å². The Hall–Kier alpha value is -2.38. The average molecular weight is 501 g/mol. The van der Waals surface area contributed by atoms with E-state index in [0.29, 0.717) is 5.92 Å². The number of thiocarbonyl (C=S) groups is 1. The first-order valence-electron chi connectivity index (χ1n) is 10.5. The Bertz CT molecular complexity index is 949. The Labute approximate surface area is 199 Å². The highest BCUT2D eigenvalue weighted by Gasteiger charge is 2.21. The smallest absolute Gasteiger partial charge is 0.0711 e. The zero-order valence-electron chi connectivity index (χ0n) is 18.1. The number of anilines is 2. The van der Waals surface area contributed by atoms with Gasteiger partial charge in [-0.3, -0.25) is 5.43 Å². The topological polar surface area (TPSA) is 56.9 Å². The van der Waals surface area contributed by atoms with E-state index in [4.69, 9.17) is 0 Å². The van der Waals surface area contributed by atoms with Gasteiger partial charge in [-0.1, -0.05) is 53.8 Å². The highest BCUT2D eigenvalue weighted by atomic mass is 79.9. The minimum absolute atomic E-state index is 0.400. The lowest BCUT2D eigenvalue weighted by Gasteiger charge is -2.38. The van der Waals surface area contributed by atoms with Crippen LogP contribution in [0.4, 0.5) is 11.4 Å². The third kappa shape index (κ3) is 5.86. The van der Waals surface area contributed by atoms with Crippen LogP contribution in [0.3, 0.4) is 0 Å². The molecule has 2 aromatic rings. The lowest BCUT2D eigenvalue weighted by molar-refractivity contribution is 0.650. The number of halogens is 1. The summed E-state index contributed by atoms with van der Waals surface area (Å²) in [6, 6.07) is 15.4. The van der Waals surface area contributed by atoms with Crippen molar-refractivity contribution in [2.75, 3.05) is 36.0 Å². The highest BCUT2D eigenvalue weighted by molar-refractivity contribution is 9.10. The second-order valence-electron chi connectivity index (χ2n) is 7.91. The SMILES string of the molecule is C=C1CC(C)C(c2ccc(N3CCN(c4ccc(Br)cc4C)CC3)cc2)=NN1.NC=S. The summed E-state index contributed by atoms with van der Waals surface area (Å²) >= 11 is 7.60. The van der Waals surface area contributed by atoms with E-state index in [-0.39, 0.29) is 0 Å². The molecule has 5 nitrogen and oxygen atoms in total. The molecular formula is C24H30BrN5S. The summed E-state index contributed by atoms with van der Waals surface area (Å²) < 4.78 is 1.14. The quantitative estimate of drug-likeness (QED) is 0.592. The van der Waals surface area contributed by atoms with Crippen molar-refractivity contribution >= 4 is 50.7 Å². The highest BCUT2D eigenvalue weighted by Crippen LogP contribution is 2.27. The lowest BCUT2D eigenvalue weighted by atomic mass is 9.93. The maximum absolute atomic E-state index is 4.54. The maximum Gasteiger partial charge on any atom is 0.0711 e. The number of allylic oxidation sites excluding steroid dienone is 1. The number of rotatable bonds is 3. The van der Waals surface area contributed by atoms with Crippen molar-refractivity contribution in [1.29, 1.82) is 0 Å². The number of hydrogen-bond acceptors (Lipinski definition) is 5. The number of hydrogen-bond donors (Lipinski definition) is 2. The Kier molecular flexibility index (Phi) is 8.09. The fraction of sp³-hybridized carbons (Fsp3) is 0.333. The first-order valence-corrected chi connectivity index (χ1v) is 11.7. The Balaban J connectivity index is 0.000000858. The molecule has 0 aliphatic carbocycles. The van der Waals surface area contributed by atoms with Gasteiger partial charge in [0.05, 0.1) is 11.2 Å². The standard InChI is InChI=1S/C23H27BrN4.CH3NS/c1-16-15-20(24)6-9-22(16)28-12-10-27(11-13-28)21-7-4-19(5-8-21)23-17(2)14-18(3)25-26-23;2-1-3/h4-9,15,17,25H,3,10-14H2,1-2H3;1H,(H2,2,3). The molecule has 0 amide bonds. The molecule has 0 aromatic heterocycles. The predicted octanol–water partition coefficient (Wildman–Crippen LogP) is 4.83. The molecule has 1 unspecified atom stereocenters. The molecule has 164 valence electrons. The van der Waals surface area contributed by atoms with E-state index in [9.17, 15) is 0 Å². The van der Waals surface area contributed by atoms with Gasteiger partial charge in [0.1, 0.15) is 0 Å². The first kappa shape index (κ1) is 23.3. The molecular weight excluding hydrogens is 470 g/mol. The molecule has 2 aromatic carbocycles. The van der Waals surface area contributed by atoms with Crippen LogP contribution in [-0.4, -0.2) is 37.4 Å². The van der Waals surface area contributed by atoms with Crippen LogP contribution in [0.5, 0.6) is 0 Å². The van der Waals surface area contributed by atoms with E-state index in [0.717, 1.165) is 54.0 Å². The summed E-state index contributed by atoms with van der Waals surface area (Å²) in [6.07, 6.45) is 0.942. The summed E-state index contributed by atoms with van der Waals surface area (Å²) in [5.74, 6) is 0.400. The van der Waals surface area contributed by atoms with E-state index in [1.165, 1.54) is 22.5 Å². The van der Waals surface area contributed by atoms with Gasteiger partial charge in [0.2, 0.25) is 0 Å². The molecule has 3 N–H and O–H groups in total. The van der Waals surface area contributed by atoms with Crippen molar-refractivity contribution in [2.24, 2.45) is 16.8 Å². The van der Waals surface area contributed by atoms with Gasteiger partial charge >= 0.3 is 0 Å². The van der Waals surface area contributed by atoms with Crippen molar-refractivity contribution in [3.8, 4) is 0 Å². The van der Waals surface area contributed by atoms with Gasteiger partial charge in [-0.25, -0.2) is 0 Å². The number of piperazine rings is 1. The van der Waals surface area contributed by atoms with Crippen molar-refractivity contribution in [3.63, 3.8) is 0 Å². The number of aryl methyl sites for hydroxylation is 1. The van der Waals surface area contributed by atoms with Gasteiger partial charge in [-0.15, -0.1) is 0 Å². The van der Waals surface area contributed by atoms with Crippen LogP contribution >= 0.6 is 28.1 Å². The van der Waals surface area contributed by atoms with Gasteiger partial charge in [-0.2, -0.15) is 5.10 Å². The van der Waals surface area contributed by atoms with Crippen LogP contribution in [0.2, 0.25) is 0 Å². The molecule has 1 fully saturated rings. The van der Waals surface area contributed by atoms with Crippen LogP contribution in [-0.2, 0) is 0 Å². The molecule has 0 saturated carbocycles. The Morgan fingerprint density at radius 1 is 1.13 bits per heavy atom. The number of nitrogens with one attached hydrogen (secondary N) is 1. The molecule has 2 aliphatic rings. The number of nitrogens with two attached hydrogens (primary N) is 1. The molecule has 2 heterocycles. The van der Waals surface area contributed by atoms with E-state index in [2.05, 4.69) is 117 Å². The van der Waals surface area contributed by atoms with Crippen molar-refractivity contribution < 1.29 is 0 Å². The average Bonchev–Trinajstić information content (AvgIpc) is 2.75. The van der Waals surface area contributed by atoms with Gasteiger partial charge in [0.25, 0.3) is 0 Å². The third-order valence-corrected chi connectivity index (χ3v) is 6.15. The van der Waals surface area contributed by atoms with Gasteiger partial charge in [-0.05, 0) is 54.8 Å². The molecule has 0 spiro atoms. The van der Waals surface area contributed by atoms with Crippen LogP contribution in [0.1, 0.15) is 24.5 Å². The maximum atomic E-state index is 4.54. The molecule has 0 bridgehead atoms. The zero-order chi connectivity index (χ0) is 22.4. The second-order valence-corrected chi connectivity index (χ2v) is 9.09. The summed E-state index contributed by atoms with van der Waals surface area (Å²) in [5, 5.41) is 4.51. The second kappa shape index (κ2) is 10.8. The first-order chi connectivity index (χ1) is 14.9. The summed E-state index contributed by atoms with van der Waals surface area (Å²) in [7, 11) is 0. The number of benzene rings is 2. The minimum Gasteiger partial charge on any atom is -0.396 e. The zero-order valence-corrected chi connectivity index (χ0v) is 20.5. The van der Waals surface area contributed by atoms with Crippen molar-refractivity contribution in [2.45, 2.75) is 20.3 Å². The molecule has 0 radical (unpaired) electrons. The molecule has 1 saturated heterocycles. The van der Waals surface area contributed by atoms with Crippen LogP contribution in [0.25, 0.3) is 0 Å². The van der Waals surface area contributed by atoms with E-state index in [1.807, 2.05) is 0 Å². The fourth-order valence-corrected chi connectivity index (χ4v) is 4.61. The van der Waals surface area contributed by atoms with Crippen LogP contribution in [0, 0.1) is 12.8 Å². The van der Waals surface area contributed by atoms with Gasteiger partial charge in [0.15, 0.2) is 0 Å². The van der Waals surface area contributed by atoms with Gasteiger partial charge < -0.3 is 15.5 Å². The predicted molar refractivity (Wildman–Crippen MR) is 140 cm³/mol. The third-order valence-electron chi connectivity index (χ3n) is 5.66. The van der Waals surface area contributed by atoms with E-state index >= 15 is 0 Å². The van der Waals surface area contributed by atoms with Gasteiger partial charge in [0, 0.05) is 53.6 Å². The van der Waals surface area contributed by atoms with Crippen LogP contribution in [0.15, 0.2) is 64.3 Å². The van der Waals surface area contributed by atoms with E-state index in [1.54, 1.807) is 0 Å². The largest absolute Gasteiger partial charge is 0.396 e. The lowest BCUT2D eigenvalue weighted by Crippen LogP contribution is -2.46. The number of nitrogens with zero attached hydrogens (tertiary/aromatic N) is 3. The summed E-state index contributed by atoms with van der Waals surface area (Å²) in [5.41, 5.74) is 15.9. The molecule has 2 aliphatic heterocycles. The summed E-state index contributed by atoms with van der Waals surface area (Å²) in [6.45, 7) is 12.5. The monoisotopic (exact) mass is 499 g/mol. The number of hydrazone groups is 1.